The molecule has 2 aromatic rings. The fourth-order valence-corrected chi connectivity index (χ4v) is 1.45. The van der Waals surface area contributed by atoms with E-state index in [9.17, 15) is 9.59 Å². The van der Waals surface area contributed by atoms with Gasteiger partial charge in [0.25, 0.3) is 0 Å². The van der Waals surface area contributed by atoms with Crippen LogP contribution in [0.5, 0.6) is 0 Å². The Morgan fingerprint density at radius 1 is 1.26 bits per heavy atom. The number of halogens is 1. The van der Waals surface area contributed by atoms with Gasteiger partial charge in [0, 0.05) is 11.6 Å². The summed E-state index contributed by atoms with van der Waals surface area (Å²) in [5, 5.41) is 8.17. The number of hydrogen-bond acceptors (Lipinski definition) is 4. The van der Waals surface area contributed by atoms with E-state index in [2.05, 4.69) is 10.5 Å². The van der Waals surface area contributed by atoms with Gasteiger partial charge in [-0.25, -0.2) is 4.79 Å². The number of carbonyl (C=O) groups is 2. The standard InChI is InChI=1S/C12H10ClN3O3/c13-7-10(17)14-12(18)15-11-6-9(16-19-11)8-4-2-1-3-5-8/h1-6H,7H2,(H2,14,15,17,18). The minimum absolute atomic E-state index is 0.138. The average Bonchev–Trinajstić information content (AvgIpc) is 2.88. The van der Waals surface area contributed by atoms with E-state index in [0.29, 0.717) is 5.69 Å². The average molecular weight is 280 g/mol. The van der Waals surface area contributed by atoms with Gasteiger partial charge >= 0.3 is 6.03 Å². The highest BCUT2D eigenvalue weighted by atomic mass is 35.5. The van der Waals surface area contributed by atoms with Gasteiger partial charge in [-0.1, -0.05) is 35.5 Å². The van der Waals surface area contributed by atoms with E-state index in [4.69, 9.17) is 16.1 Å². The third kappa shape index (κ3) is 3.56. The monoisotopic (exact) mass is 279 g/mol. The summed E-state index contributed by atoms with van der Waals surface area (Å²) in [6.45, 7) is 0. The highest BCUT2D eigenvalue weighted by molar-refractivity contribution is 6.28. The first-order chi connectivity index (χ1) is 9.19. The summed E-state index contributed by atoms with van der Waals surface area (Å²) in [6, 6.07) is 10.2. The number of amides is 3. The zero-order valence-electron chi connectivity index (χ0n) is 9.72. The number of benzene rings is 1. The third-order valence-corrected chi connectivity index (χ3v) is 2.43. The Morgan fingerprint density at radius 3 is 2.68 bits per heavy atom. The highest BCUT2D eigenvalue weighted by Gasteiger charge is 2.11. The molecule has 0 radical (unpaired) electrons. The van der Waals surface area contributed by atoms with Crippen LogP contribution in [0.1, 0.15) is 0 Å². The molecule has 19 heavy (non-hydrogen) atoms. The van der Waals surface area contributed by atoms with Crippen LogP contribution in [-0.4, -0.2) is 23.0 Å². The topological polar surface area (TPSA) is 84.2 Å². The Labute approximate surface area is 113 Å². The first-order valence-corrected chi connectivity index (χ1v) is 5.91. The van der Waals surface area contributed by atoms with Crippen molar-refractivity contribution in [1.29, 1.82) is 0 Å². The molecule has 1 heterocycles. The number of nitrogens with zero attached hydrogens (tertiary/aromatic N) is 1. The second-order valence-corrected chi connectivity index (χ2v) is 3.85. The molecular formula is C12H10ClN3O3. The zero-order valence-corrected chi connectivity index (χ0v) is 10.5. The maximum absolute atomic E-state index is 11.3. The summed E-state index contributed by atoms with van der Waals surface area (Å²) in [5.74, 6) is -0.750. The third-order valence-electron chi connectivity index (χ3n) is 2.19. The van der Waals surface area contributed by atoms with Crippen LogP contribution in [0.15, 0.2) is 40.9 Å². The Bertz CT molecular complexity index is 583. The quantitative estimate of drug-likeness (QED) is 0.844. The van der Waals surface area contributed by atoms with Crippen LogP contribution >= 0.6 is 11.6 Å². The fourth-order valence-electron chi connectivity index (χ4n) is 1.38. The van der Waals surface area contributed by atoms with Crippen LogP contribution in [0.25, 0.3) is 11.3 Å². The van der Waals surface area contributed by atoms with Crippen LogP contribution in [0, 0.1) is 0 Å². The molecule has 0 unspecified atom stereocenters. The molecule has 6 nitrogen and oxygen atoms in total. The molecule has 0 saturated carbocycles. The van der Waals surface area contributed by atoms with Crippen molar-refractivity contribution in [2.45, 2.75) is 0 Å². The van der Waals surface area contributed by atoms with E-state index in [0.717, 1.165) is 5.56 Å². The molecule has 0 aliphatic heterocycles. The second-order valence-electron chi connectivity index (χ2n) is 3.58. The molecule has 0 aliphatic carbocycles. The van der Waals surface area contributed by atoms with Crippen LogP contribution in [0.2, 0.25) is 0 Å². The number of hydrogen-bond donors (Lipinski definition) is 2. The summed E-state index contributed by atoms with van der Waals surface area (Å²) in [5.41, 5.74) is 1.44. The number of nitrogens with one attached hydrogen (secondary N) is 2. The molecule has 0 saturated heterocycles. The molecular weight excluding hydrogens is 270 g/mol. The first kappa shape index (κ1) is 13.1. The number of imide groups is 1. The number of carbonyl (C=O) groups excluding carboxylic acids is 2. The molecule has 0 atom stereocenters. The fraction of sp³-hybridized carbons (Fsp3) is 0.0833. The van der Waals surface area contributed by atoms with Crippen LogP contribution in [0.3, 0.4) is 0 Å². The second kappa shape index (κ2) is 6.01. The summed E-state index contributed by atoms with van der Waals surface area (Å²) < 4.78 is 4.94. The summed E-state index contributed by atoms with van der Waals surface area (Å²) in [4.78, 5) is 22.2. The molecule has 98 valence electrons. The zero-order chi connectivity index (χ0) is 13.7. The van der Waals surface area contributed by atoms with E-state index in [1.54, 1.807) is 6.07 Å². The normalized spacial score (nSPS) is 9.95. The van der Waals surface area contributed by atoms with Gasteiger partial charge in [0.15, 0.2) is 0 Å². The Balaban J connectivity index is 2.02. The molecule has 2 rings (SSSR count). The number of aromatic nitrogens is 1. The number of anilines is 1. The predicted octanol–water partition coefficient (Wildman–Crippen LogP) is 2.23. The molecule has 1 aromatic heterocycles. The van der Waals surface area contributed by atoms with E-state index < -0.39 is 11.9 Å². The van der Waals surface area contributed by atoms with Gasteiger partial charge in [-0.2, -0.15) is 0 Å². The minimum atomic E-state index is -0.721. The van der Waals surface area contributed by atoms with E-state index in [1.807, 2.05) is 35.6 Å². The van der Waals surface area contributed by atoms with Crippen molar-refractivity contribution in [2.24, 2.45) is 0 Å². The van der Waals surface area contributed by atoms with Gasteiger partial charge in [-0.15, -0.1) is 11.6 Å². The molecule has 0 aliphatic rings. The predicted molar refractivity (Wildman–Crippen MR) is 69.8 cm³/mol. The van der Waals surface area contributed by atoms with Gasteiger partial charge in [-0.3, -0.25) is 15.4 Å². The van der Waals surface area contributed by atoms with E-state index >= 15 is 0 Å². The molecule has 1 aromatic carbocycles. The van der Waals surface area contributed by atoms with Crippen LogP contribution in [-0.2, 0) is 4.79 Å². The lowest BCUT2D eigenvalue weighted by Gasteiger charge is -2.00. The van der Waals surface area contributed by atoms with Gasteiger partial charge in [0.1, 0.15) is 11.6 Å². The lowest BCUT2D eigenvalue weighted by Crippen LogP contribution is -2.34. The maximum Gasteiger partial charge on any atom is 0.328 e. The smallest absolute Gasteiger partial charge is 0.328 e. The van der Waals surface area contributed by atoms with Gasteiger partial charge in [0.05, 0.1) is 0 Å². The van der Waals surface area contributed by atoms with Gasteiger partial charge < -0.3 is 4.52 Å². The molecule has 7 heteroatoms. The number of urea groups is 1. The molecule has 3 amide bonds. The molecule has 0 fully saturated rings. The van der Waals surface area contributed by atoms with E-state index in [-0.39, 0.29) is 11.8 Å². The SMILES string of the molecule is O=C(CCl)NC(=O)Nc1cc(-c2ccccc2)no1. The molecule has 0 bridgehead atoms. The van der Waals surface area contributed by atoms with E-state index in [1.165, 1.54) is 0 Å². The van der Waals surface area contributed by atoms with Crippen LogP contribution < -0.4 is 10.6 Å². The number of alkyl halides is 1. The molecule has 0 spiro atoms. The largest absolute Gasteiger partial charge is 0.338 e. The van der Waals surface area contributed by atoms with Crippen molar-refractivity contribution in [2.75, 3.05) is 11.2 Å². The molecule has 2 N–H and O–H groups in total. The first-order valence-electron chi connectivity index (χ1n) is 5.38. The van der Waals surface area contributed by atoms with Crippen LogP contribution in [0.4, 0.5) is 10.7 Å². The summed E-state index contributed by atoms with van der Waals surface area (Å²) in [7, 11) is 0. The Kier molecular flexibility index (Phi) is 4.15. The summed E-state index contributed by atoms with van der Waals surface area (Å²) in [6.07, 6.45) is 0. The van der Waals surface area contributed by atoms with Gasteiger partial charge in [-0.05, 0) is 0 Å². The van der Waals surface area contributed by atoms with Gasteiger partial charge in [0.2, 0.25) is 11.8 Å². The van der Waals surface area contributed by atoms with Crippen molar-refractivity contribution >= 4 is 29.4 Å². The van der Waals surface area contributed by atoms with Crippen molar-refractivity contribution in [3.8, 4) is 11.3 Å². The van der Waals surface area contributed by atoms with Crippen molar-refractivity contribution in [3.63, 3.8) is 0 Å². The maximum atomic E-state index is 11.3. The lowest BCUT2D eigenvalue weighted by molar-refractivity contribution is -0.117. The van der Waals surface area contributed by atoms with Crippen molar-refractivity contribution in [1.82, 2.24) is 10.5 Å². The summed E-state index contributed by atoms with van der Waals surface area (Å²) >= 11 is 5.26. The Morgan fingerprint density at radius 2 is 2.00 bits per heavy atom. The number of rotatable bonds is 3. The van der Waals surface area contributed by atoms with Crippen molar-refractivity contribution in [3.05, 3.63) is 36.4 Å². The lowest BCUT2D eigenvalue weighted by atomic mass is 10.2. The highest BCUT2D eigenvalue weighted by Crippen LogP contribution is 2.20. The van der Waals surface area contributed by atoms with Crippen molar-refractivity contribution < 1.29 is 14.1 Å². The Hall–Kier alpha value is -2.34. The minimum Gasteiger partial charge on any atom is -0.338 e.